The van der Waals surface area contributed by atoms with Gasteiger partial charge in [0.1, 0.15) is 5.56 Å². The summed E-state index contributed by atoms with van der Waals surface area (Å²) in [5.41, 5.74) is -0.138. The van der Waals surface area contributed by atoms with Crippen LogP contribution in [0.5, 0.6) is 17.2 Å². The molecule has 1 aromatic rings. The molecule has 5 nitrogen and oxygen atoms in total. The van der Waals surface area contributed by atoms with Gasteiger partial charge in [0.2, 0.25) is 5.75 Å². The van der Waals surface area contributed by atoms with E-state index in [2.05, 4.69) is 6.92 Å². The number of phenols is 3. The number of ether oxygens (including phenoxy) is 1. The van der Waals surface area contributed by atoms with E-state index in [9.17, 15) is 20.1 Å². The average Bonchev–Trinajstić information content (AvgIpc) is 2.69. The Hall–Kier alpha value is -1.91. The third-order valence-electron chi connectivity index (χ3n) is 5.08. The van der Waals surface area contributed by atoms with Gasteiger partial charge in [-0.3, -0.25) is 0 Å². The van der Waals surface area contributed by atoms with Gasteiger partial charge in [-0.15, -0.1) is 0 Å². The molecule has 0 radical (unpaired) electrons. The second-order valence-corrected chi connectivity index (χ2v) is 7.56. The molecule has 0 bridgehead atoms. The highest BCUT2D eigenvalue weighted by atomic mass is 16.5. The molecule has 3 N–H and O–H groups in total. The van der Waals surface area contributed by atoms with Crippen molar-refractivity contribution in [3.05, 3.63) is 17.7 Å². The predicted octanol–water partition coefficient (Wildman–Crippen LogP) is 6.44. The summed E-state index contributed by atoms with van der Waals surface area (Å²) >= 11 is 0. The molecule has 160 valence electrons. The van der Waals surface area contributed by atoms with E-state index < -0.39 is 23.2 Å². The smallest absolute Gasteiger partial charge is 0.342 e. The molecular formula is C23H38O5. The Balaban J connectivity index is 1.94. The zero-order valence-corrected chi connectivity index (χ0v) is 17.4. The lowest BCUT2D eigenvalue weighted by Crippen LogP contribution is -2.06. The summed E-state index contributed by atoms with van der Waals surface area (Å²) in [6, 6.07) is 2.38. The highest BCUT2D eigenvalue weighted by molar-refractivity contribution is 5.93. The lowest BCUT2D eigenvalue weighted by molar-refractivity contribution is 0.0493. The van der Waals surface area contributed by atoms with Crippen LogP contribution in [0.25, 0.3) is 0 Å². The van der Waals surface area contributed by atoms with Crippen molar-refractivity contribution in [2.75, 3.05) is 6.61 Å². The largest absolute Gasteiger partial charge is 0.504 e. The zero-order chi connectivity index (χ0) is 20.6. The first kappa shape index (κ1) is 24.1. The number of unbranched alkanes of at least 4 members (excludes halogenated alkanes) is 13. The van der Waals surface area contributed by atoms with Crippen molar-refractivity contribution < 1.29 is 24.9 Å². The fourth-order valence-electron chi connectivity index (χ4n) is 3.27. The van der Waals surface area contributed by atoms with Crippen molar-refractivity contribution in [2.45, 2.75) is 96.8 Å². The Kier molecular flexibility index (Phi) is 13.0. The maximum Gasteiger partial charge on any atom is 0.342 e. The second kappa shape index (κ2) is 15.1. The number of carbonyl (C=O) groups is 1. The number of carbonyl (C=O) groups excluding carboxylic acids is 1. The monoisotopic (exact) mass is 394 g/mol. The van der Waals surface area contributed by atoms with Gasteiger partial charge in [-0.25, -0.2) is 4.79 Å². The Bertz CT molecular complexity index is 556. The summed E-state index contributed by atoms with van der Waals surface area (Å²) in [6.45, 7) is 2.54. The molecule has 0 unspecified atom stereocenters. The predicted molar refractivity (Wildman–Crippen MR) is 112 cm³/mol. The average molecular weight is 395 g/mol. The fraction of sp³-hybridized carbons (Fsp3) is 0.696. The van der Waals surface area contributed by atoms with Crippen molar-refractivity contribution in [3.8, 4) is 17.2 Å². The molecule has 1 rings (SSSR count). The summed E-state index contributed by atoms with van der Waals surface area (Å²) < 4.78 is 5.12. The van der Waals surface area contributed by atoms with Gasteiger partial charge in [0.05, 0.1) is 6.61 Å². The summed E-state index contributed by atoms with van der Waals surface area (Å²) in [4.78, 5) is 11.9. The van der Waals surface area contributed by atoms with E-state index in [0.717, 1.165) is 25.3 Å². The van der Waals surface area contributed by atoms with Crippen LogP contribution in [0.15, 0.2) is 12.1 Å². The summed E-state index contributed by atoms with van der Waals surface area (Å²) in [6.07, 6.45) is 17.7. The van der Waals surface area contributed by atoms with Crippen molar-refractivity contribution in [1.29, 1.82) is 0 Å². The zero-order valence-electron chi connectivity index (χ0n) is 17.4. The van der Waals surface area contributed by atoms with Crippen LogP contribution in [0.2, 0.25) is 0 Å². The minimum atomic E-state index is -0.703. The van der Waals surface area contributed by atoms with Crippen LogP contribution in [0.1, 0.15) is 107 Å². The quantitative estimate of drug-likeness (QED) is 0.170. The SMILES string of the molecule is CCCCCCCCCCCCCCCCOC(=O)c1ccc(O)c(O)c1O. The lowest BCUT2D eigenvalue weighted by Gasteiger charge is -2.08. The van der Waals surface area contributed by atoms with Crippen LogP contribution >= 0.6 is 0 Å². The van der Waals surface area contributed by atoms with Crippen molar-refractivity contribution in [1.82, 2.24) is 0 Å². The summed E-state index contributed by atoms with van der Waals surface area (Å²) in [7, 11) is 0. The molecule has 28 heavy (non-hydrogen) atoms. The van der Waals surface area contributed by atoms with Crippen LogP contribution in [0, 0.1) is 0 Å². The van der Waals surface area contributed by atoms with E-state index in [0.29, 0.717) is 0 Å². The van der Waals surface area contributed by atoms with Gasteiger partial charge in [0, 0.05) is 0 Å². The molecular weight excluding hydrogens is 356 g/mol. The molecule has 5 heteroatoms. The Morgan fingerprint density at radius 2 is 1.18 bits per heavy atom. The molecule has 0 atom stereocenters. The Morgan fingerprint density at radius 3 is 1.68 bits per heavy atom. The van der Waals surface area contributed by atoms with E-state index in [1.54, 1.807) is 0 Å². The first-order chi connectivity index (χ1) is 13.6. The molecule has 0 amide bonds. The molecule has 0 spiro atoms. The number of esters is 1. The number of phenolic OH excluding ortho intramolecular Hbond substituents is 3. The molecule has 0 aliphatic heterocycles. The van der Waals surface area contributed by atoms with E-state index in [4.69, 9.17) is 4.74 Å². The van der Waals surface area contributed by atoms with Crippen molar-refractivity contribution in [3.63, 3.8) is 0 Å². The minimum absolute atomic E-state index is 0.138. The summed E-state index contributed by atoms with van der Waals surface area (Å²) in [5, 5.41) is 28.4. The molecule has 0 heterocycles. The fourth-order valence-corrected chi connectivity index (χ4v) is 3.27. The maximum atomic E-state index is 11.9. The summed E-state index contributed by atoms with van der Waals surface area (Å²) in [5.74, 6) is -2.51. The maximum absolute atomic E-state index is 11.9. The van der Waals surface area contributed by atoms with Gasteiger partial charge in [0.15, 0.2) is 11.5 Å². The highest BCUT2D eigenvalue weighted by Crippen LogP contribution is 2.37. The van der Waals surface area contributed by atoms with Crippen LogP contribution in [-0.4, -0.2) is 27.9 Å². The van der Waals surface area contributed by atoms with Gasteiger partial charge in [-0.05, 0) is 18.6 Å². The lowest BCUT2D eigenvalue weighted by atomic mass is 10.0. The molecule has 0 aromatic heterocycles. The third-order valence-corrected chi connectivity index (χ3v) is 5.08. The standard InChI is InChI=1S/C23H38O5/c1-2-3-4-5-6-7-8-9-10-11-12-13-14-15-18-28-23(27)19-16-17-20(24)22(26)21(19)25/h16-17,24-26H,2-15,18H2,1H3. The van der Waals surface area contributed by atoms with E-state index in [1.165, 1.54) is 76.7 Å². The minimum Gasteiger partial charge on any atom is -0.504 e. The van der Waals surface area contributed by atoms with Gasteiger partial charge < -0.3 is 20.1 Å². The van der Waals surface area contributed by atoms with Gasteiger partial charge >= 0.3 is 5.97 Å². The normalized spacial score (nSPS) is 10.9. The van der Waals surface area contributed by atoms with E-state index in [1.807, 2.05) is 0 Å². The second-order valence-electron chi connectivity index (χ2n) is 7.56. The van der Waals surface area contributed by atoms with Gasteiger partial charge in [-0.2, -0.15) is 0 Å². The number of aromatic hydroxyl groups is 3. The van der Waals surface area contributed by atoms with Crippen LogP contribution in [0.3, 0.4) is 0 Å². The van der Waals surface area contributed by atoms with Gasteiger partial charge in [-0.1, -0.05) is 90.4 Å². The number of benzene rings is 1. The molecule has 0 saturated carbocycles. The van der Waals surface area contributed by atoms with Gasteiger partial charge in [0.25, 0.3) is 0 Å². The first-order valence-corrected chi connectivity index (χ1v) is 11.0. The van der Waals surface area contributed by atoms with Crippen LogP contribution in [-0.2, 0) is 4.74 Å². The topological polar surface area (TPSA) is 87.0 Å². The highest BCUT2D eigenvalue weighted by Gasteiger charge is 2.18. The van der Waals surface area contributed by atoms with Crippen molar-refractivity contribution in [2.24, 2.45) is 0 Å². The molecule has 0 saturated heterocycles. The van der Waals surface area contributed by atoms with Crippen LogP contribution < -0.4 is 0 Å². The van der Waals surface area contributed by atoms with E-state index in [-0.39, 0.29) is 12.2 Å². The molecule has 0 aliphatic carbocycles. The van der Waals surface area contributed by atoms with Crippen molar-refractivity contribution >= 4 is 5.97 Å². The Morgan fingerprint density at radius 1 is 0.714 bits per heavy atom. The number of rotatable bonds is 16. The van der Waals surface area contributed by atoms with Crippen LogP contribution in [0.4, 0.5) is 0 Å². The van der Waals surface area contributed by atoms with E-state index >= 15 is 0 Å². The third kappa shape index (κ3) is 9.86. The molecule has 0 aliphatic rings. The number of hydrogen-bond acceptors (Lipinski definition) is 5. The molecule has 0 fully saturated rings. The Labute approximate surface area is 169 Å². The number of hydrogen-bond donors (Lipinski definition) is 3. The molecule has 1 aromatic carbocycles. The first-order valence-electron chi connectivity index (χ1n) is 11.0.